The summed E-state index contributed by atoms with van der Waals surface area (Å²) < 4.78 is 4.60. The molecule has 0 fully saturated rings. The Hall–Kier alpha value is -1.55. The molecule has 0 amide bonds. The third-order valence-electron chi connectivity index (χ3n) is 2.63. The van der Waals surface area contributed by atoms with E-state index < -0.39 is 0 Å². The highest BCUT2D eigenvalue weighted by Gasteiger charge is 2.15. The van der Waals surface area contributed by atoms with Crippen LogP contribution in [0.15, 0.2) is 18.2 Å². The number of carbonyl (C=O) groups excluding carboxylic acids is 1. The molecule has 4 heteroatoms. The van der Waals surface area contributed by atoms with Crippen molar-refractivity contribution in [1.29, 1.82) is 0 Å². The first kappa shape index (κ1) is 12.5. The van der Waals surface area contributed by atoms with Crippen molar-refractivity contribution in [3.05, 3.63) is 29.3 Å². The average molecular weight is 223 g/mol. The summed E-state index contributed by atoms with van der Waals surface area (Å²) >= 11 is 0. The number of benzene rings is 1. The molecule has 1 unspecified atom stereocenters. The molecular weight excluding hydrogens is 206 g/mol. The molecule has 1 atom stereocenters. The van der Waals surface area contributed by atoms with Gasteiger partial charge < -0.3 is 15.6 Å². The fourth-order valence-corrected chi connectivity index (χ4v) is 1.50. The highest BCUT2D eigenvalue weighted by molar-refractivity contribution is 5.70. The van der Waals surface area contributed by atoms with E-state index >= 15 is 0 Å². The third kappa shape index (κ3) is 2.97. The van der Waals surface area contributed by atoms with Crippen LogP contribution in [0.3, 0.4) is 0 Å². The largest absolute Gasteiger partial charge is 0.508 e. The Balaban J connectivity index is 2.86. The summed E-state index contributed by atoms with van der Waals surface area (Å²) in [6.45, 7) is 2.16. The van der Waals surface area contributed by atoms with Gasteiger partial charge in [-0.2, -0.15) is 0 Å². The van der Waals surface area contributed by atoms with Gasteiger partial charge in [0.2, 0.25) is 0 Å². The first-order chi connectivity index (χ1) is 7.58. The van der Waals surface area contributed by atoms with Crippen molar-refractivity contribution in [3.63, 3.8) is 0 Å². The maximum atomic E-state index is 11.2. The number of ether oxygens (including phenoxy) is 1. The lowest BCUT2D eigenvalue weighted by molar-refractivity contribution is -0.141. The molecule has 0 aliphatic rings. The second-order valence-corrected chi connectivity index (χ2v) is 3.76. The maximum Gasteiger partial charge on any atom is 0.306 e. The molecule has 0 saturated carbocycles. The van der Waals surface area contributed by atoms with E-state index in [-0.39, 0.29) is 24.1 Å². The second kappa shape index (κ2) is 5.51. The number of rotatable bonds is 4. The van der Waals surface area contributed by atoms with Crippen LogP contribution in [-0.2, 0) is 9.53 Å². The van der Waals surface area contributed by atoms with Crippen molar-refractivity contribution < 1.29 is 14.6 Å². The van der Waals surface area contributed by atoms with E-state index in [1.54, 1.807) is 6.07 Å². The smallest absolute Gasteiger partial charge is 0.306 e. The molecule has 0 radical (unpaired) electrons. The van der Waals surface area contributed by atoms with Crippen LogP contribution in [0.2, 0.25) is 0 Å². The van der Waals surface area contributed by atoms with Crippen molar-refractivity contribution in [2.45, 2.75) is 19.3 Å². The molecular formula is C12H17NO3. The Kier molecular flexibility index (Phi) is 4.31. The molecule has 16 heavy (non-hydrogen) atoms. The van der Waals surface area contributed by atoms with Crippen molar-refractivity contribution >= 4 is 5.97 Å². The molecule has 0 saturated heterocycles. The molecule has 0 aromatic heterocycles. The van der Waals surface area contributed by atoms with Gasteiger partial charge in [0.15, 0.2) is 0 Å². The molecule has 88 valence electrons. The van der Waals surface area contributed by atoms with Gasteiger partial charge in [-0.3, -0.25) is 4.79 Å². The molecule has 0 aliphatic heterocycles. The summed E-state index contributed by atoms with van der Waals surface area (Å²) in [5, 5.41) is 9.58. The summed E-state index contributed by atoms with van der Waals surface area (Å²) in [5.41, 5.74) is 7.27. The number of carbonyl (C=O) groups is 1. The van der Waals surface area contributed by atoms with Crippen molar-refractivity contribution in [3.8, 4) is 5.75 Å². The Morgan fingerprint density at radius 1 is 1.56 bits per heavy atom. The van der Waals surface area contributed by atoms with Gasteiger partial charge in [0.1, 0.15) is 5.75 Å². The van der Waals surface area contributed by atoms with E-state index in [0.29, 0.717) is 6.54 Å². The Bertz CT molecular complexity index is 377. The molecule has 1 rings (SSSR count). The van der Waals surface area contributed by atoms with Gasteiger partial charge >= 0.3 is 5.97 Å². The van der Waals surface area contributed by atoms with Gasteiger partial charge in [0, 0.05) is 5.92 Å². The number of phenols is 1. The zero-order valence-corrected chi connectivity index (χ0v) is 9.56. The monoisotopic (exact) mass is 223 g/mol. The molecule has 0 heterocycles. The Morgan fingerprint density at radius 3 is 2.75 bits per heavy atom. The number of esters is 1. The highest BCUT2D eigenvalue weighted by atomic mass is 16.5. The molecule has 3 N–H and O–H groups in total. The van der Waals surface area contributed by atoms with Gasteiger partial charge in [-0.25, -0.2) is 0 Å². The Labute approximate surface area is 95.0 Å². The minimum atomic E-state index is -0.296. The first-order valence-corrected chi connectivity index (χ1v) is 5.15. The van der Waals surface area contributed by atoms with Gasteiger partial charge in [0.05, 0.1) is 13.5 Å². The number of aromatic hydroxyl groups is 1. The average Bonchev–Trinajstić information content (AvgIpc) is 2.29. The lowest BCUT2D eigenvalue weighted by atomic mass is 9.95. The summed E-state index contributed by atoms with van der Waals surface area (Å²) in [5.74, 6) is -0.185. The van der Waals surface area contributed by atoms with Crippen molar-refractivity contribution in [2.75, 3.05) is 13.7 Å². The van der Waals surface area contributed by atoms with Gasteiger partial charge in [-0.05, 0) is 30.7 Å². The van der Waals surface area contributed by atoms with Gasteiger partial charge in [0.25, 0.3) is 0 Å². The summed E-state index contributed by atoms with van der Waals surface area (Å²) in [6, 6.07) is 5.33. The topological polar surface area (TPSA) is 72.5 Å². The number of phenolic OH excluding ortho intramolecular Hbond substituents is 1. The summed E-state index contributed by atoms with van der Waals surface area (Å²) in [7, 11) is 1.35. The third-order valence-corrected chi connectivity index (χ3v) is 2.63. The zero-order chi connectivity index (χ0) is 12.1. The number of aryl methyl sites for hydroxylation is 1. The maximum absolute atomic E-state index is 11.2. The van der Waals surface area contributed by atoms with E-state index in [1.807, 2.05) is 19.1 Å². The predicted octanol–water partition coefficient (Wildman–Crippen LogP) is 1.31. The van der Waals surface area contributed by atoms with Crippen LogP contribution < -0.4 is 5.73 Å². The lowest BCUT2D eigenvalue weighted by Gasteiger charge is -2.14. The first-order valence-electron chi connectivity index (χ1n) is 5.15. The van der Waals surface area contributed by atoms with Crippen LogP contribution in [0.5, 0.6) is 5.75 Å². The second-order valence-electron chi connectivity index (χ2n) is 3.76. The summed E-state index contributed by atoms with van der Waals surface area (Å²) in [4.78, 5) is 11.2. The fraction of sp³-hybridized carbons (Fsp3) is 0.417. The Morgan fingerprint density at radius 2 is 2.25 bits per heavy atom. The minimum absolute atomic E-state index is 0.112. The zero-order valence-electron chi connectivity index (χ0n) is 9.56. The molecule has 1 aromatic rings. The van der Waals surface area contributed by atoms with Crippen LogP contribution in [0.1, 0.15) is 23.5 Å². The van der Waals surface area contributed by atoms with Gasteiger partial charge in [-0.15, -0.1) is 0 Å². The summed E-state index contributed by atoms with van der Waals surface area (Å²) in [6.07, 6.45) is 0.232. The van der Waals surface area contributed by atoms with E-state index in [9.17, 15) is 9.90 Å². The fourth-order valence-electron chi connectivity index (χ4n) is 1.50. The molecule has 1 aromatic carbocycles. The van der Waals surface area contributed by atoms with Crippen molar-refractivity contribution in [2.24, 2.45) is 5.73 Å². The van der Waals surface area contributed by atoms with Crippen LogP contribution >= 0.6 is 0 Å². The number of hydrogen-bond acceptors (Lipinski definition) is 4. The standard InChI is InChI=1S/C12H17NO3/c1-8-3-4-9(5-11(8)14)10(7-13)6-12(15)16-2/h3-5,10,14H,6-7,13H2,1-2H3. The predicted molar refractivity (Wildman–Crippen MR) is 61.3 cm³/mol. The van der Waals surface area contributed by atoms with Crippen molar-refractivity contribution in [1.82, 2.24) is 0 Å². The van der Waals surface area contributed by atoms with Crippen LogP contribution in [-0.4, -0.2) is 24.7 Å². The van der Waals surface area contributed by atoms with Crippen LogP contribution in [0.4, 0.5) is 0 Å². The van der Waals surface area contributed by atoms with E-state index in [2.05, 4.69) is 4.74 Å². The van der Waals surface area contributed by atoms with E-state index in [1.165, 1.54) is 7.11 Å². The molecule has 0 spiro atoms. The lowest BCUT2D eigenvalue weighted by Crippen LogP contribution is -2.17. The number of methoxy groups -OCH3 is 1. The molecule has 0 aliphatic carbocycles. The number of nitrogens with two attached hydrogens (primary N) is 1. The van der Waals surface area contributed by atoms with E-state index in [0.717, 1.165) is 11.1 Å². The highest BCUT2D eigenvalue weighted by Crippen LogP contribution is 2.25. The van der Waals surface area contributed by atoms with Gasteiger partial charge in [-0.1, -0.05) is 12.1 Å². The molecule has 4 nitrogen and oxygen atoms in total. The molecule has 0 bridgehead atoms. The normalized spacial score (nSPS) is 12.2. The SMILES string of the molecule is COC(=O)CC(CN)c1ccc(C)c(O)c1. The van der Waals surface area contributed by atoms with E-state index in [4.69, 9.17) is 5.73 Å². The quantitative estimate of drug-likeness (QED) is 0.755. The number of hydrogen-bond donors (Lipinski definition) is 2. The minimum Gasteiger partial charge on any atom is -0.508 e. The van der Waals surface area contributed by atoms with Crippen LogP contribution in [0.25, 0.3) is 0 Å². The van der Waals surface area contributed by atoms with Crippen LogP contribution in [0, 0.1) is 6.92 Å².